The number of rotatable bonds is 7. The zero-order valence-electron chi connectivity index (χ0n) is 20.1. The number of hydrogen-bond acceptors (Lipinski definition) is 4. The quantitative estimate of drug-likeness (QED) is 0.636. The molecular formula is C27H35N3O3S. The van der Waals surface area contributed by atoms with Gasteiger partial charge in [0.25, 0.3) is 0 Å². The van der Waals surface area contributed by atoms with Crippen molar-refractivity contribution in [2.75, 3.05) is 18.8 Å². The number of hydrogen-bond donors (Lipinski definition) is 2. The highest BCUT2D eigenvalue weighted by molar-refractivity contribution is 7.84. The predicted molar refractivity (Wildman–Crippen MR) is 136 cm³/mol. The molecule has 2 aromatic rings. The molecule has 1 fully saturated rings. The SMILES string of the molecule is CC(C)(N)C(=O)N[C@H](CS(=O)Cc1ccccc1)C(=O)N1CCC2(CCc3ccccc32)CC1. The molecule has 34 heavy (non-hydrogen) atoms. The van der Waals surface area contributed by atoms with Crippen LogP contribution in [0.25, 0.3) is 0 Å². The summed E-state index contributed by atoms with van der Waals surface area (Å²) in [6, 6.07) is 17.3. The van der Waals surface area contributed by atoms with Gasteiger partial charge in [-0.1, -0.05) is 54.6 Å². The number of nitrogens with one attached hydrogen (secondary N) is 1. The second-order valence-electron chi connectivity index (χ2n) is 10.2. The van der Waals surface area contributed by atoms with Crippen LogP contribution in [-0.4, -0.2) is 51.3 Å². The summed E-state index contributed by atoms with van der Waals surface area (Å²) < 4.78 is 12.9. The third-order valence-electron chi connectivity index (χ3n) is 7.21. The van der Waals surface area contributed by atoms with Gasteiger partial charge in [-0.05, 0) is 61.6 Å². The van der Waals surface area contributed by atoms with E-state index in [9.17, 15) is 13.8 Å². The average Bonchev–Trinajstić information content (AvgIpc) is 3.17. The molecule has 0 radical (unpaired) electrons. The molecule has 2 amide bonds. The van der Waals surface area contributed by atoms with Gasteiger partial charge >= 0.3 is 0 Å². The average molecular weight is 482 g/mol. The highest BCUT2D eigenvalue weighted by Crippen LogP contribution is 2.46. The summed E-state index contributed by atoms with van der Waals surface area (Å²) in [6.45, 7) is 4.48. The van der Waals surface area contributed by atoms with Crippen LogP contribution in [0.2, 0.25) is 0 Å². The van der Waals surface area contributed by atoms with Crippen LogP contribution in [0.5, 0.6) is 0 Å². The smallest absolute Gasteiger partial charge is 0.246 e. The molecule has 1 aliphatic heterocycles. The molecule has 1 heterocycles. The number of piperidine rings is 1. The van der Waals surface area contributed by atoms with Gasteiger partial charge in [0, 0.05) is 29.6 Å². The first-order valence-electron chi connectivity index (χ1n) is 12.0. The largest absolute Gasteiger partial charge is 0.342 e. The van der Waals surface area contributed by atoms with E-state index in [1.807, 2.05) is 35.2 Å². The number of benzene rings is 2. The van der Waals surface area contributed by atoms with E-state index in [0.29, 0.717) is 18.8 Å². The Kier molecular flexibility index (Phi) is 7.24. The van der Waals surface area contributed by atoms with Crippen molar-refractivity contribution in [1.29, 1.82) is 0 Å². The summed E-state index contributed by atoms with van der Waals surface area (Å²) in [6.07, 6.45) is 4.03. The summed E-state index contributed by atoms with van der Waals surface area (Å²) >= 11 is 0. The molecule has 0 saturated carbocycles. The normalized spacial score (nSPS) is 18.9. The molecule has 1 spiro atoms. The van der Waals surface area contributed by atoms with E-state index < -0.39 is 28.3 Å². The van der Waals surface area contributed by atoms with E-state index in [2.05, 4.69) is 29.6 Å². The molecule has 7 heteroatoms. The highest BCUT2D eigenvalue weighted by atomic mass is 32.2. The van der Waals surface area contributed by atoms with Crippen molar-refractivity contribution in [1.82, 2.24) is 10.2 Å². The molecule has 2 atom stereocenters. The minimum atomic E-state index is -1.31. The molecule has 1 unspecified atom stereocenters. The number of nitrogens with two attached hydrogens (primary N) is 1. The van der Waals surface area contributed by atoms with Gasteiger partial charge in [0.1, 0.15) is 6.04 Å². The Labute approximate surface area is 204 Å². The fraction of sp³-hybridized carbons (Fsp3) is 0.481. The number of aryl methyl sites for hydroxylation is 1. The first-order valence-corrected chi connectivity index (χ1v) is 13.5. The molecule has 2 aliphatic rings. The standard InChI is InChI=1S/C27H35N3O3S/c1-26(2,28)25(32)29-23(19-34(33)18-20-8-4-3-5-9-20)24(31)30-16-14-27(15-17-30)13-12-21-10-6-7-11-22(21)27/h3-11,23H,12-19,28H2,1-2H3,(H,29,32)/t23-,34?/m1/s1. The predicted octanol–water partition coefficient (Wildman–Crippen LogP) is 2.66. The van der Waals surface area contributed by atoms with Crippen molar-refractivity contribution < 1.29 is 13.8 Å². The molecule has 3 N–H and O–H groups in total. The molecule has 4 rings (SSSR count). The summed E-state index contributed by atoms with van der Waals surface area (Å²) in [5.41, 5.74) is 8.78. The summed E-state index contributed by atoms with van der Waals surface area (Å²) in [7, 11) is -1.31. The molecule has 182 valence electrons. The molecule has 0 bridgehead atoms. The van der Waals surface area contributed by atoms with E-state index in [0.717, 1.165) is 31.2 Å². The lowest BCUT2D eigenvalue weighted by Crippen LogP contribution is -2.59. The van der Waals surface area contributed by atoms with Gasteiger partial charge in [0.05, 0.1) is 11.3 Å². The highest BCUT2D eigenvalue weighted by Gasteiger charge is 2.43. The Hall–Kier alpha value is -2.51. The van der Waals surface area contributed by atoms with Crippen molar-refractivity contribution in [3.63, 3.8) is 0 Å². The zero-order chi connectivity index (χ0) is 24.3. The molecule has 1 saturated heterocycles. The molecule has 2 aromatic carbocycles. The third kappa shape index (κ3) is 5.41. The number of amides is 2. The topological polar surface area (TPSA) is 92.5 Å². The second kappa shape index (κ2) is 10.0. The van der Waals surface area contributed by atoms with Gasteiger partial charge < -0.3 is 16.0 Å². The number of nitrogens with zero attached hydrogens (tertiary/aromatic N) is 1. The van der Waals surface area contributed by atoms with E-state index in [1.165, 1.54) is 11.1 Å². The molecule has 6 nitrogen and oxygen atoms in total. The maximum absolute atomic E-state index is 13.5. The van der Waals surface area contributed by atoms with Crippen LogP contribution in [0.15, 0.2) is 54.6 Å². The Morgan fingerprint density at radius 2 is 1.71 bits per heavy atom. The van der Waals surface area contributed by atoms with Crippen molar-refractivity contribution in [2.24, 2.45) is 5.73 Å². The lowest BCUT2D eigenvalue weighted by Gasteiger charge is -2.41. The summed E-state index contributed by atoms with van der Waals surface area (Å²) in [4.78, 5) is 28.0. The first-order chi connectivity index (χ1) is 16.2. The minimum absolute atomic E-state index is 0.0695. The summed E-state index contributed by atoms with van der Waals surface area (Å²) in [5.74, 6) is -0.173. The van der Waals surface area contributed by atoms with E-state index in [1.54, 1.807) is 13.8 Å². The summed E-state index contributed by atoms with van der Waals surface area (Å²) in [5, 5.41) is 2.80. The van der Waals surface area contributed by atoms with Crippen LogP contribution in [0.1, 0.15) is 49.8 Å². The molecule has 1 aliphatic carbocycles. The fourth-order valence-corrected chi connectivity index (χ4v) is 6.46. The molecule has 0 aromatic heterocycles. The molecular weight excluding hydrogens is 446 g/mol. The van der Waals surface area contributed by atoms with E-state index in [4.69, 9.17) is 5.73 Å². The second-order valence-corrected chi connectivity index (χ2v) is 11.7. The Morgan fingerprint density at radius 3 is 2.38 bits per heavy atom. The van der Waals surface area contributed by atoms with Crippen LogP contribution in [-0.2, 0) is 38.0 Å². The van der Waals surface area contributed by atoms with Gasteiger partial charge in [-0.15, -0.1) is 0 Å². The van der Waals surface area contributed by atoms with Crippen molar-refractivity contribution >= 4 is 22.6 Å². The zero-order valence-corrected chi connectivity index (χ0v) is 20.9. The lowest BCUT2D eigenvalue weighted by molar-refractivity contribution is -0.138. The van der Waals surface area contributed by atoms with E-state index >= 15 is 0 Å². The van der Waals surface area contributed by atoms with Gasteiger partial charge in [-0.25, -0.2) is 0 Å². The van der Waals surface area contributed by atoms with E-state index in [-0.39, 0.29) is 17.1 Å². The van der Waals surface area contributed by atoms with Crippen molar-refractivity contribution in [2.45, 2.75) is 62.3 Å². The Balaban J connectivity index is 1.45. The maximum Gasteiger partial charge on any atom is 0.246 e. The van der Waals surface area contributed by atoms with Crippen LogP contribution in [0.4, 0.5) is 0 Å². The number of likely N-dealkylation sites (tertiary alicyclic amines) is 1. The van der Waals surface area contributed by atoms with Crippen LogP contribution >= 0.6 is 0 Å². The number of fused-ring (bicyclic) bond motifs is 2. The number of carbonyl (C=O) groups excluding carboxylic acids is 2. The number of carbonyl (C=O) groups is 2. The Bertz CT molecular complexity index is 1060. The van der Waals surface area contributed by atoms with Crippen LogP contribution in [0.3, 0.4) is 0 Å². The van der Waals surface area contributed by atoms with Crippen LogP contribution < -0.4 is 11.1 Å². The monoisotopic (exact) mass is 481 g/mol. The maximum atomic E-state index is 13.5. The fourth-order valence-electron chi connectivity index (χ4n) is 5.18. The Morgan fingerprint density at radius 1 is 1.06 bits per heavy atom. The van der Waals surface area contributed by atoms with Gasteiger partial charge in [0.2, 0.25) is 11.8 Å². The van der Waals surface area contributed by atoms with Gasteiger partial charge in [-0.3, -0.25) is 13.8 Å². The lowest BCUT2D eigenvalue weighted by atomic mass is 9.74. The third-order valence-corrected chi connectivity index (χ3v) is 8.57. The van der Waals surface area contributed by atoms with Crippen molar-refractivity contribution in [3.8, 4) is 0 Å². The van der Waals surface area contributed by atoms with Crippen LogP contribution in [0, 0.1) is 0 Å². The minimum Gasteiger partial charge on any atom is -0.342 e. The van der Waals surface area contributed by atoms with Gasteiger partial charge in [-0.2, -0.15) is 0 Å². The van der Waals surface area contributed by atoms with Crippen molar-refractivity contribution in [3.05, 3.63) is 71.3 Å². The van der Waals surface area contributed by atoms with Gasteiger partial charge in [0.15, 0.2) is 0 Å². The first kappa shape index (κ1) is 24.6.